The molecule has 1 amide bonds. The van der Waals surface area contributed by atoms with Crippen LogP contribution in [0.1, 0.15) is 40.9 Å². The molecule has 156 valence electrons. The minimum atomic E-state index is -0.202. The highest BCUT2D eigenvalue weighted by Gasteiger charge is 2.24. The molecule has 0 bridgehead atoms. The first-order valence-corrected chi connectivity index (χ1v) is 10.9. The number of hydrogen-bond acceptors (Lipinski definition) is 3. The molecule has 0 atom stereocenters. The lowest BCUT2D eigenvalue weighted by molar-refractivity contribution is 0.0743. The van der Waals surface area contributed by atoms with Crippen molar-refractivity contribution in [1.82, 2.24) is 20.2 Å². The van der Waals surface area contributed by atoms with E-state index in [4.69, 9.17) is 23.2 Å². The van der Waals surface area contributed by atoms with Crippen LogP contribution in [0, 0.1) is 13.8 Å². The van der Waals surface area contributed by atoms with Crippen molar-refractivity contribution in [3.63, 3.8) is 0 Å². The third-order valence-electron chi connectivity index (χ3n) is 5.42. The van der Waals surface area contributed by atoms with E-state index in [2.05, 4.69) is 10.5 Å². The van der Waals surface area contributed by atoms with E-state index in [1.807, 2.05) is 49.2 Å². The molecule has 0 unspecified atom stereocenters. The van der Waals surface area contributed by atoms with Gasteiger partial charge in [-0.15, -0.1) is 0 Å². The Bertz CT molecular complexity index is 1070. The van der Waals surface area contributed by atoms with E-state index in [9.17, 15) is 4.79 Å². The summed E-state index contributed by atoms with van der Waals surface area (Å²) < 4.78 is 1.74. The van der Waals surface area contributed by atoms with Gasteiger partial charge in [0.05, 0.1) is 16.4 Å². The van der Waals surface area contributed by atoms with Crippen molar-refractivity contribution < 1.29 is 4.79 Å². The van der Waals surface area contributed by atoms with E-state index in [0.717, 1.165) is 48.3 Å². The highest BCUT2D eigenvalue weighted by Crippen LogP contribution is 2.32. The molecular weight excluding hydrogens is 419 g/mol. The average molecular weight is 443 g/mol. The number of nitrogens with zero attached hydrogens (tertiary/aromatic N) is 3. The topological polar surface area (TPSA) is 50.2 Å². The van der Waals surface area contributed by atoms with Crippen molar-refractivity contribution >= 4 is 29.1 Å². The Morgan fingerprint density at radius 1 is 1.00 bits per heavy atom. The van der Waals surface area contributed by atoms with Crippen LogP contribution in [0.4, 0.5) is 0 Å². The summed E-state index contributed by atoms with van der Waals surface area (Å²) in [6.45, 7) is 5.69. The minimum Gasteiger partial charge on any atom is -0.283 e. The van der Waals surface area contributed by atoms with Crippen molar-refractivity contribution in [2.24, 2.45) is 0 Å². The van der Waals surface area contributed by atoms with Crippen LogP contribution in [0.5, 0.6) is 0 Å². The highest BCUT2D eigenvalue weighted by molar-refractivity contribution is 6.35. The van der Waals surface area contributed by atoms with Gasteiger partial charge in [0.15, 0.2) is 5.69 Å². The monoisotopic (exact) mass is 442 g/mol. The molecule has 1 aromatic heterocycles. The predicted molar refractivity (Wildman–Crippen MR) is 121 cm³/mol. The smallest absolute Gasteiger partial charge is 0.283 e. The largest absolute Gasteiger partial charge is 0.286 e. The second kappa shape index (κ2) is 8.80. The molecule has 2 heterocycles. The lowest BCUT2D eigenvalue weighted by atomic mass is 10.0. The van der Waals surface area contributed by atoms with Crippen LogP contribution < -0.4 is 5.43 Å². The highest BCUT2D eigenvalue weighted by atomic mass is 35.5. The molecule has 0 saturated carbocycles. The summed E-state index contributed by atoms with van der Waals surface area (Å²) in [6, 6.07) is 13.4. The number of carbonyl (C=O) groups excluding carboxylic acids is 1. The summed E-state index contributed by atoms with van der Waals surface area (Å²) in [5.41, 5.74) is 7.85. The summed E-state index contributed by atoms with van der Waals surface area (Å²) in [5.74, 6) is -0.202. The standard InChI is InChI=1S/C23H24Cl2N4O/c1-15-6-8-17(9-7-15)22-16(2)21(23(30)27-28-12-4-3-5-13-28)26-29(22)20-11-10-18(24)14-19(20)25/h6-11,14H,3-5,12-13H2,1-2H3,(H,27,30). The summed E-state index contributed by atoms with van der Waals surface area (Å²) >= 11 is 12.6. The quantitative estimate of drug-likeness (QED) is 0.572. The van der Waals surface area contributed by atoms with E-state index in [1.54, 1.807) is 16.8 Å². The third kappa shape index (κ3) is 4.24. The van der Waals surface area contributed by atoms with E-state index >= 15 is 0 Å². The van der Waals surface area contributed by atoms with Crippen molar-refractivity contribution in [1.29, 1.82) is 0 Å². The minimum absolute atomic E-state index is 0.202. The molecule has 30 heavy (non-hydrogen) atoms. The molecule has 7 heteroatoms. The maximum Gasteiger partial charge on any atom is 0.286 e. The second-order valence-electron chi connectivity index (χ2n) is 7.68. The van der Waals surface area contributed by atoms with Crippen LogP contribution in [-0.4, -0.2) is 33.8 Å². The van der Waals surface area contributed by atoms with Crippen LogP contribution in [0.15, 0.2) is 42.5 Å². The maximum absolute atomic E-state index is 13.1. The van der Waals surface area contributed by atoms with Gasteiger partial charge in [-0.3, -0.25) is 10.2 Å². The van der Waals surface area contributed by atoms with Gasteiger partial charge in [0.25, 0.3) is 5.91 Å². The summed E-state index contributed by atoms with van der Waals surface area (Å²) in [5, 5.41) is 7.68. The molecule has 0 radical (unpaired) electrons. The molecular formula is C23H24Cl2N4O. The first kappa shape index (κ1) is 20.9. The molecule has 1 aliphatic heterocycles. The second-order valence-corrected chi connectivity index (χ2v) is 8.53. The van der Waals surface area contributed by atoms with E-state index in [1.165, 1.54) is 6.42 Å². The number of carbonyl (C=O) groups is 1. The fraction of sp³-hybridized carbons (Fsp3) is 0.304. The Balaban J connectivity index is 1.80. The molecule has 2 aromatic carbocycles. The van der Waals surface area contributed by atoms with Gasteiger partial charge in [0, 0.05) is 29.2 Å². The number of amides is 1. The average Bonchev–Trinajstić information content (AvgIpc) is 3.06. The molecule has 5 nitrogen and oxygen atoms in total. The van der Waals surface area contributed by atoms with Crippen LogP contribution >= 0.6 is 23.2 Å². The van der Waals surface area contributed by atoms with Gasteiger partial charge in [0.1, 0.15) is 0 Å². The summed E-state index contributed by atoms with van der Waals surface area (Å²) in [7, 11) is 0. The van der Waals surface area contributed by atoms with Crippen molar-refractivity contribution in [2.45, 2.75) is 33.1 Å². The number of rotatable bonds is 4. The van der Waals surface area contributed by atoms with Crippen LogP contribution in [0.2, 0.25) is 10.0 Å². The van der Waals surface area contributed by atoms with E-state index < -0.39 is 0 Å². The first-order chi connectivity index (χ1) is 14.4. The lowest BCUT2D eigenvalue weighted by Crippen LogP contribution is -2.45. The normalized spacial score (nSPS) is 14.7. The number of halogens is 2. The van der Waals surface area contributed by atoms with Gasteiger partial charge in [-0.2, -0.15) is 5.10 Å². The summed E-state index contributed by atoms with van der Waals surface area (Å²) in [4.78, 5) is 13.1. The molecule has 0 aliphatic carbocycles. The number of hydrogen-bond donors (Lipinski definition) is 1. The molecule has 1 fully saturated rings. The fourth-order valence-corrected chi connectivity index (χ4v) is 4.28. The number of aromatic nitrogens is 2. The molecule has 0 spiro atoms. The van der Waals surface area contributed by atoms with E-state index in [-0.39, 0.29) is 5.91 Å². The number of piperidine rings is 1. The molecule has 1 saturated heterocycles. The van der Waals surface area contributed by atoms with Crippen LogP contribution in [0.3, 0.4) is 0 Å². The Kier molecular flexibility index (Phi) is 6.14. The molecule has 1 aliphatic rings. The van der Waals surface area contributed by atoms with Gasteiger partial charge in [0.2, 0.25) is 0 Å². The van der Waals surface area contributed by atoms with Gasteiger partial charge in [-0.25, -0.2) is 9.69 Å². The number of hydrazine groups is 1. The van der Waals surface area contributed by atoms with Gasteiger partial charge in [-0.1, -0.05) is 59.5 Å². The fourth-order valence-electron chi connectivity index (χ4n) is 3.79. The zero-order chi connectivity index (χ0) is 21.3. The Labute approximate surface area is 186 Å². The van der Waals surface area contributed by atoms with Crippen molar-refractivity contribution in [2.75, 3.05) is 13.1 Å². The van der Waals surface area contributed by atoms with Crippen LogP contribution in [0.25, 0.3) is 16.9 Å². The molecule has 4 rings (SSSR count). The number of nitrogens with one attached hydrogen (secondary N) is 1. The lowest BCUT2D eigenvalue weighted by Gasteiger charge is -2.26. The van der Waals surface area contributed by atoms with Gasteiger partial charge in [-0.05, 0) is 44.9 Å². The molecule has 1 N–H and O–H groups in total. The SMILES string of the molecule is Cc1ccc(-c2c(C)c(C(=O)NN3CCCCC3)nn2-c2ccc(Cl)cc2Cl)cc1. The Morgan fingerprint density at radius 3 is 2.37 bits per heavy atom. The Morgan fingerprint density at radius 2 is 1.70 bits per heavy atom. The zero-order valence-corrected chi connectivity index (χ0v) is 18.6. The van der Waals surface area contributed by atoms with Crippen molar-refractivity contribution in [3.05, 3.63) is 69.3 Å². The number of aryl methyl sites for hydroxylation is 1. The predicted octanol–water partition coefficient (Wildman–Crippen LogP) is 5.59. The first-order valence-electron chi connectivity index (χ1n) is 10.1. The van der Waals surface area contributed by atoms with Gasteiger partial charge < -0.3 is 0 Å². The van der Waals surface area contributed by atoms with Crippen molar-refractivity contribution in [3.8, 4) is 16.9 Å². The zero-order valence-electron chi connectivity index (χ0n) is 17.1. The van der Waals surface area contributed by atoms with E-state index in [0.29, 0.717) is 21.4 Å². The van der Waals surface area contributed by atoms with Crippen LogP contribution in [-0.2, 0) is 0 Å². The Hall–Kier alpha value is -2.34. The maximum atomic E-state index is 13.1. The molecule has 3 aromatic rings. The third-order valence-corrected chi connectivity index (χ3v) is 5.95. The number of benzene rings is 2. The summed E-state index contributed by atoms with van der Waals surface area (Å²) in [6.07, 6.45) is 3.37. The van der Waals surface area contributed by atoms with Gasteiger partial charge >= 0.3 is 0 Å².